The highest BCUT2D eigenvalue weighted by atomic mass is 32.1. The maximum atomic E-state index is 12.3. The number of nitrogens with one attached hydrogen (secondary N) is 1. The van der Waals surface area contributed by atoms with Crippen LogP contribution in [0.15, 0.2) is 24.3 Å². The normalized spacial score (nSPS) is 12.1. The van der Waals surface area contributed by atoms with Crippen molar-refractivity contribution >= 4 is 22.2 Å². The zero-order valence-electron chi connectivity index (χ0n) is 10.8. The van der Waals surface area contributed by atoms with Crippen molar-refractivity contribution in [1.29, 1.82) is 0 Å². The molecule has 0 unspecified atom stereocenters. The minimum absolute atomic E-state index is 0.0476. The molecule has 0 aliphatic heterocycles. The predicted octanol–water partition coefficient (Wildman–Crippen LogP) is 3.04. The van der Waals surface area contributed by atoms with Gasteiger partial charge in [0.2, 0.25) is 0 Å². The Bertz CT molecular complexity index is 646. The van der Waals surface area contributed by atoms with Crippen LogP contribution < -0.4 is 11.1 Å². The molecule has 1 aliphatic rings. The summed E-state index contributed by atoms with van der Waals surface area (Å²) in [7, 11) is 0. The lowest BCUT2D eigenvalue weighted by Crippen LogP contribution is -2.24. The molecule has 0 saturated carbocycles. The van der Waals surface area contributed by atoms with Crippen molar-refractivity contribution < 1.29 is 4.79 Å². The summed E-state index contributed by atoms with van der Waals surface area (Å²) in [5, 5.41) is 3.56. The Morgan fingerprint density at radius 3 is 3.00 bits per heavy atom. The van der Waals surface area contributed by atoms with Gasteiger partial charge in [-0.1, -0.05) is 31.2 Å². The predicted molar refractivity (Wildman–Crippen MR) is 79.6 cm³/mol. The Morgan fingerprint density at radius 1 is 1.42 bits per heavy atom. The van der Waals surface area contributed by atoms with Crippen molar-refractivity contribution in [2.75, 3.05) is 12.3 Å². The van der Waals surface area contributed by atoms with E-state index in [4.69, 9.17) is 5.73 Å². The lowest BCUT2D eigenvalue weighted by Gasteiger charge is -2.06. The van der Waals surface area contributed by atoms with Gasteiger partial charge in [0.05, 0.1) is 10.6 Å². The number of benzene rings is 1. The summed E-state index contributed by atoms with van der Waals surface area (Å²) in [6.45, 7) is 2.72. The van der Waals surface area contributed by atoms with E-state index >= 15 is 0 Å². The van der Waals surface area contributed by atoms with E-state index in [0.29, 0.717) is 17.1 Å². The maximum absolute atomic E-state index is 12.3. The molecule has 1 aliphatic carbocycles. The summed E-state index contributed by atoms with van der Waals surface area (Å²) in [5.74, 6) is -0.0476. The van der Waals surface area contributed by atoms with Crippen molar-refractivity contribution in [3.63, 3.8) is 0 Å². The third-order valence-electron chi connectivity index (χ3n) is 3.41. The van der Waals surface area contributed by atoms with E-state index in [9.17, 15) is 4.79 Å². The van der Waals surface area contributed by atoms with Crippen LogP contribution in [0.2, 0.25) is 0 Å². The molecule has 0 spiro atoms. The van der Waals surface area contributed by atoms with E-state index in [1.807, 2.05) is 19.1 Å². The molecule has 0 bridgehead atoms. The number of fused-ring (bicyclic) bond motifs is 3. The molecular formula is C15H16N2OS. The molecule has 1 heterocycles. The number of carbonyl (C=O) groups is 1. The monoisotopic (exact) mass is 272 g/mol. The number of rotatable bonds is 3. The molecule has 1 aromatic heterocycles. The molecule has 2 aromatic rings. The van der Waals surface area contributed by atoms with Crippen molar-refractivity contribution in [2.24, 2.45) is 0 Å². The molecular weight excluding hydrogens is 256 g/mol. The van der Waals surface area contributed by atoms with Crippen LogP contribution >= 0.6 is 11.3 Å². The second-order valence-corrected chi connectivity index (χ2v) is 5.87. The number of thiophene rings is 1. The molecule has 98 valence electrons. The van der Waals surface area contributed by atoms with Crippen LogP contribution in [0.1, 0.15) is 34.1 Å². The molecule has 1 aromatic carbocycles. The first kappa shape index (κ1) is 12.2. The second kappa shape index (κ2) is 4.70. The number of amides is 1. The Labute approximate surface area is 116 Å². The number of carbonyl (C=O) groups excluding carboxylic acids is 1. The van der Waals surface area contributed by atoms with Crippen molar-refractivity contribution in [2.45, 2.75) is 19.8 Å². The first-order valence-electron chi connectivity index (χ1n) is 6.50. The van der Waals surface area contributed by atoms with Gasteiger partial charge in [0.25, 0.3) is 5.91 Å². The Kier molecular flexibility index (Phi) is 3.03. The van der Waals surface area contributed by atoms with Crippen LogP contribution in [0.5, 0.6) is 0 Å². The summed E-state index contributed by atoms with van der Waals surface area (Å²) in [6.07, 6.45) is 1.82. The molecule has 1 amide bonds. The van der Waals surface area contributed by atoms with E-state index in [-0.39, 0.29) is 5.91 Å². The highest BCUT2D eigenvalue weighted by Gasteiger charge is 2.28. The molecule has 0 radical (unpaired) electrons. The number of anilines is 1. The number of hydrogen-bond donors (Lipinski definition) is 2. The summed E-state index contributed by atoms with van der Waals surface area (Å²) < 4.78 is 0. The van der Waals surface area contributed by atoms with Gasteiger partial charge in [0.1, 0.15) is 0 Å². The number of nitrogen functional groups attached to an aromatic ring is 1. The van der Waals surface area contributed by atoms with Crippen LogP contribution in [0.25, 0.3) is 11.1 Å². The van der Waals surface area contributed by atoms with Crippen molar-refractivity contribution in [1.82, 2.24) is 5.32 Å². The average molecular weight is 272 g/mol. The highest BCUT2D eigenvalue weighted by molar-refractivity contribution is 7.17. The van der Waals surface area contributed by atoms with Gasteiger partial charge in [-0.15, -0.1) is 11.3 Å². The Balaban J connectivity index is 2.07. The summed E-state index contributed by atoms with van der Waals surface area (Å²) in [4.78, 5) is 13.5. The summed E-state index contributed by atoms with van der Waals surface area (Å²) in [5.41, 5.74) is 10.2. The third-order valence-corrected chi connectivity index (χ3v) is 4.43. The van der Waals surface area contributed by atoms with E-state index in [1.165, 1.54) is 21.8 Å². The minimum atomic E-state index is -0.0476. The van der Waals surface area contributed by atoms with Crippen LogP contribution in [0.3, 0.4) is 0 Å². The fraction of sp³-hybridized carbons (Fsp3) is 0.267. The van der Waals surface area contributed by atoms with Gasteiger partial charge < -0.3 is 11.1 Å². The van der Waals surface area contributed by atoms with Crippen LogP contribution in [-0.4, -0.2) is 12.5 Å². The molecule has 3 N–H and O–H groups in total. The third kappa shape index (κ3) is 1.92. The largest absolute Gasteiger partial charge is 0.390 e. The van der Waals surface area contributed by atoms with Gasteiger partial charge in [0.15, 0.2) is 0 Å². The zero-order chi connectivity index (χ0) is 13.4. The fourth-order valence-electron chi connectivity index (χ4n) is 2.55. The summed E-state index contributed by atoms with van der Waals surface area (Å²) in [6, 6.07) is 8.24. The van der Waals surface area contributed by atoms with Gasteiger partial charge in [-0.2, -0.15) is 0 Å². The average Bonchev–Trinajstić information content (AvgIpc) is 2.90. The topological polar surface area (TPSA) is 55.1 Å². The van der Waals surface area contributed by atoms with Crippen molar-refractivity contribution in [3.8, 4) is 11.1 Å². The van der Waals surface area contributed by atoms with E-state index in [2.05, 4.69) is 17.4 Å². The lowest BCUT2D eigenvalue weighted by atomic mass is 10.0. The van der Waals surface area contributed by atoms with E-state index in [1.54, 1.807) is 0 Å². The van der Waals surface area contributed by atoms with Crippen molar-refractivity contribution in [3.05, 3.63) is 40.3 Å². The Morgan fingerprint density at radius 2 is 2.21 bits per heavy atom. The first-order valence-corrected chi connectivity index (χ1v) is 7.31. The Hall–Kier alpha value is -1.81. The molecule has 0 fully saturated rings. The van der Waals surface area contributed by atoms with Gasteiger partial charge >= 0.3 is 0 Å². The maximum Gasteiger partial charge on any atom is 0.254 e. The highest BCUT2D eigenvalue weighted by Crippen LogP contribution is 2.46. The van der Waals surface area contributed by atoms with Gasteiger partial charge in [-0.05, 0) is 17.5 Å². The first-order chi connectivity index (χ1) is 9.22. The SMILES string of the molecule is CCCNC(=O)c1c(N)sc2c1-c1ccccc1C2. The second-order valence-electron chi connectivity index (χ2n) is 4.73. The molecule has 4 heteroatoms. The lowest BCUT2D eigenvalue weighted by molar-refractivity contribution is 0.0955. The number of nitrogens with two attached hydrogens (primary N) is 1. The van der Waals surface area contributed by atoms with Gasteiger partial charge in [-0.25, -0.2) is 0 Å². The molecule has 19 heavy (non-hydrogen) atoms. The molecule has 3 rings (SSSR count). The zero-order valence-corrected chi connectivity index (χ0v) is 11.6. The van der Waals surface area contributed by atoms with Gasteiger partial charge in [-0.3, -0.25) is 4.79 Å². The molecule has 0 atom stereocenters. The van der Waals surface area contributed by atoms with E-state index < -0.39 is 0 Å². The quantitative estimate of drug-likeness (QED) is 0.770. The standard InChI is InChI=1S/C15H16N2OS/c1-2-7-17-15(18)13-12-10-6-4-3-5-9(10)8-11(12)19-14(13)16/h3-6H,2,7-8,16H2,1H3,(H,17,18). The summed E-state index contributed by atoms with van der Waals surface area (Å²) >= 11 is 1.54. The molecule has 0 saturated heterocycles. The minimum Gasteiger partial charge on any atom is -0.390 e. The molecule has 3 nitrogen and oxygen atoms in total. The fourth-order valence-corrected chi connectivity index (χ4v) is 3.65. The van der Waals surface area contributed by atoms with Crippen LogP contribution in [0, 0.1) is 0 Å². The smallest absolute Gasteiger partial charge is 0.254 e. The van der Waals surface area contributed by atoms with Gasteiger partial charge in [0, 0.05) is 23.4 Å². The van der Waals surface area contributed by atoms with Crippen LogP contribution in [0.4, 0.5) is 5.00 Å². The number of hydrogen-bond acceptors (Lipinski definition) is 3. The van der Waals surface area contributed by atoms with Crippen LogP contribution in [-0.2, 0) is 6.42 Å². The van der Waals surface area contributed by atoms with E-state index in [0.717, 1.165) is 24.0 Å².